The van der Waals surface area contributed by atoms with Gasteiger partial charge in [-0.15, -0.1) is 23.1 Å². The molecule has 0 fully saturated rings. The van der Waals surface area contributed by atoms with Crippen LogP contribution in [0.2, 0.25) is 0 Å². The molecular formula is C20H23N3O3S2. The number of rotatable bonds is 10. The van der Waals surface area contributed by atoms with Crippen molar-refractivity contribution in [1.29, 1.82) is 0 Å². The summed E-state index contributed by atoms with van der Waals surface area (Å²) in [7, 11) is 1.58. The van der Waals surface area contributed by atoms with Crippen molar-refractivity contribution in [3.63, 3.8) is 0 Å². The Morgan fingerprint density at radius 3 is 2.93 bits per heavy atom. The van der Waals surface area contributed by atoms with Crippen molar-refractivity contribution in [2.24, 2.45) is 0 Å². The number of hydrogen-bond acceptors (Lipinski definition) is 7. The lowest BCUT2D eigenvalue weighted by molar-refractivity contribution is 0.0950. The second-order valence-corrected chi connectivity index (χ2v) is 7.95. The monoisotopic (exact) mass is 417 g/mol. The molecule has 1 N–H and O–H groups in total. The average Bonchev–Trinajstić information content (AvgIpc) is 3.41. The summed E-state index contributed by atoms with van der Waals surface area (Å²) in [6, 6.07) is 9.56. The van der Waals surface area contributed by atoms with Crippen LogP contribution in [-0.2, 0) is 6.42 Å². The zero-order chi connectivity index (χ0) is 19.8. The van der Waals surface area contributed by atoms with E-state index in [4.69, 9.17) is 9.26 Å². The van der Waals surface area contributed by atoms with Crippen LogP contribution in [0.25, 0.3) is 10.7 Å². The molecule has 0 aliphatic heterocycles. The van der Waals surface area contributed by atoms with Crippen LogP contribution in [-0.4, -0.2) is 36.0 Å². The van der Waals surface area contributed by atoms with Crippen molar-refractivity contribution in [1.82, 2.24) is 15.5 Å². The summed E-state index contributed by atoms with van der Waals surface area (Å²) in [6.07, 6.45) is 5.54. The molecular weight excluding hydrogens is 394 g/mol. The number of nitrogens with one attached hydrogen (secondary N) is 1. The molecule has 0 aliphatic rings. The number of thioether (sulfide) groups is 1. The molecule has 0 aliphatic carbocycles. The largest absolute Gasteiger partial charge is 0.496 e. The summed E-state index contributed by atoms with van der Waals surface area (Å²) in [5.41, 5.74) is 0.562. The van der Waals surface area contributed by atoms with E-state index in [9.17, 15) is 4.79 Å². The van der Waals surface area contributed by atoms with Gasteiger partial charge in [-0.1, -0.05) is 17.6 Å². The number of carbonyl (C=O) groups is 1. The number of amides is 1. The molecule has 6 nitrogen and oxygen atoms in total. The van der Waals surface area contributed by atoms with E-state index in [1.165, 1.54) is 0 Å². The third kappa shape index (κ3) is 5.36. The SMILES string of the molecule is COc1cc(SC)ccc1C(=O)NCCCCCc1nc(-c2cccs2)no1. The molecule has 1 amide bonds. The number of ether oxygens (including phenoxy) is 1. The molecule has 2 heterocycles. The second kappa shape index (κ2) is 10.3. The first kappa shape index (κ1) is 20.4. The summed E-state index contributed by atoms with van der Waals surface area (Å²) >= 11 is 3.21. The van der Waals surface area contributed by atoms with E-state index in [1.54, 1.807) is 36.3 Å². The average molecular weight is 418 g/mol. The molecule has 2 aromatic heterocycles. The van der Waals surface area contributed by atoms with Gasteiger partial charge in [-0.25, -0.2) is 0 Å². The van der Waals surface area contributed by atoms with E-state index in [0.29, 0.717) is 29.6 Å². The summed E-state index contributed by atoms with van der Waals surface area (Å²) in [4.78, 5) is 18.9. The first-order chi connectivity index (χ1) is 13.7. The van der Waals surface area contributed by atoms with Gasteiger partial charge in [0.25, 0.3) is 5.91 Å². The number of methoxy groups -OCH3 is 1. The molecule has 0 spiro atoms. The Labute approximate surface area is 172 Å². The van der Waals surface area contributed by atoms with Crippen LogP contribution in [0.4, 0.5) is 0 Å². The predicted octanol–water partition coefficient (Wildman–Crippen LogP) is 4.67. The number of hydrogen-bond donors (Lipinski definition) is 1. The summed E-state index contributed by atoms with van der Waals surface area (Å²) < 4.78 is 10.6. The van der Waals surface area contributed by atoms with Crippen molar-refractivity contribution < 1.29 is 14.1 Å². The lowest BCUT2D eigenvalue weighted by Crippen LogP contribution is -2.24. The van der Waals surface area contributed by atoms with Crippen LogP contribution in [0.15, 0.2) is 45.1 Å². The van der Waals surface area contributed by atoms with Crippen LogP contribution in [0.3, 0.4) is 0 Å². The standard InChI is InChI=1S/C20H23N3O3S2/c1-25-16-13-14(27-2)9-10-15(16)20(24)21-11-5-3-4-8-18-22-19(23-26-18)17-7-6-12-28-17/h6-7,9-10,12-13H,3-5,8,11H2,1-2H3,(H,21,24). The Morgan fingerprint density at radius 2 is 2.18 bits per heavy atom. The smallest absolute Gasteiger partial charge is 0.255 e. The Hall–Kier alpha value is -2.32. The van der Waals surface area contributed by atoms with E-state index in [-0.39, 0.29) is 5.91 Å². The fraction of sp³-hybridized carbons (Fsp3) is 0.350. The first-order valence-electron chi connectivity index (χ1n) is 9.08. The van der Waals surface area contributed by atoms with Gasteiger partial charge < -0.3 is 14.6 Å². The molecule has 0 atom stereocenters. The third-order valence-electron chi connectivity index (χ3n) is 4.22. The minimum absolute atomic E-state index is 0.109. The molecule has 8 heteroatoms. The summed E-state index contributed by atoms with van der Waals surface area (Å²) in [6.45, 7) is 0.622. The van der Waals surface area contributed by atoms with Crippen LogP contribution in [0, 0.1) is 0 Å². The minimum Gasteiger partial charge on any atom is -0.496 e. The Kier molecular flexibility index (Phi) is 7.50. The fourth-order valence-electron chi connectivity index (χ4n) is 2.72. The highest BCUT2D eigenvalue weighted by Crippen LogP contribution is 2.25. The van der Waals surface area contributed by atoms with E-state index in [2.05, 4.69) is 15.5 Å². The van der Waals surface area contributed by atoms with Crippen molar-refractivity contribution in [2.45, 2.75) is 30.6 Å². The van der Waals surface area contributed by atoms with E-state index >= 15 is 0 Å². The maximum absolute atomic E-state index is 12.4. The lowest BCUT2D eigenvalue weighted by Gasteiger charge is -2.10. The molecule has 0 unspecified atom stereocenters. The van der Waals surface area contributed by atoms with Crippen molar-refractivity contribution >= 4 is 29.0 Å². The van der Waals surface area contributed by atoms with Crippen LogP contribution >= 0.6 is 23.1 Å². The molecule has 3 rings (SSSR count). The third-order valence-corrected chi connectivity index (χ3v) is 5.81. The quantitative estimate of drug-likeness (QED) is 0.381. The highest BCUT2D eigenvalue weighted by atomic mass is 32.2. The van der Waals surface area contributed by atoms with Gasteiger partial charge in [-0.3, -0.25) is 4.79 Å². The predicted molar refractivity (Wildman–Crippen MR) is 112 cm³/mol. The van der Waals surface area contributed by atoms with Gasteiger partial charge in [0.1, 0.15) is 5.75 Å². The molecule has 0 bridgehead atoms. The maximum Gasteiger partial charge on any atom is 0.255 e. The van der Waals surface area contributed by atoms with Gasteiger partial charge in [-0.05, 0) is 48.7 Å². The highest BCUT2D eigenvalue weighted by Gasteiger charge is 2.12. The van der Waals surface area contributed by atoms with Gasteiger partial charge in [0.15, 0.2) is 0 Å². The van der Waals surface area contributed by atoms with E-state index < -0.39 is 0 Å². The normalized spacial score (nSPS) is 10.8. The highest BCUT2D eigenvalue weighted by molar-refractivity contribution is 7.98. The van der Waals surface area contributed by atoms with Gasteiger partial charge >= 0.3 is 0 Å². The molecule has 0 saturated heterocycles. The van der Waals surface area contributed by atoms with Gasteiger partial charge in [0.2, 0.25) is 11.7 Å². The van der Waals surface area contributed by atoms with Crippen molar-refractivity contribution in [2.75, 3.05) is 19.9 Å². The Balaban J connectivity index is 1.37. The first-order valence-corrected chi connectivity index (χ1v) is 11.2. The van der Waals surface area contributed by atoms with Gasteiger partial charge in [-0.2, -0.15) is 4.98 Å². The Bertz CT molecular complexity index is 894. The number of aromatic nitrogens is 2. The maximum atomic E-state index is 12.4. The number of carbonyl (C=O) groups excluding carboxylic acids is 1. The molecule has 0 radical (unpaired) electrons. The topological polar surface area (TPSA) is 77.2 Å². The summed E-state index contributed by atoms with van der Waals surface area (Å²) in [5, 5.41) is 8.96. The van der Waals surface area contributed by atoms with Crippen LogP contribution in [0.1, 0.15) is 35.5 Å². The minimum atomic E-state index is -0.109. The summed E-state index contributed by atoms with van der Waals surface area (Å²) in [5.74, 6) is 1.80. The van der Waals surface area contributed by atoms with Crippen molar-refractivity contribution in [3.8, 4) is 16.5 Å². The van der Waals surface area contributed by atoms with Crippen molar-refractivity contribution in [3.05, 3.63) is 47.2 Å². The van der Waals surface area contributed by atoms with Crippen LogP contribution < -0.4 is 10.1 Å². The zero-order valence-electron chi connectivity index (χ0n) is 15.9. The Morgan fingerprint density at radius 1 is 1.29 bits per heavy atom. The molecule has 1 aromatic carbocycles. The number of thiophene rings is 1. The molecule has 28 heavy (non-hydrogen) atoms. The van der Waals surface area contributed by atoms with Gasteiger partial charge in [0, 0.05) is 17.9 Å². The number of nitrogens with zero attached hydrogens (tertiary/aromatic N) is 2. The van der Waals surface area contributed by atoms with Gasteiger partial charge in [0.05, 0.1) is 17.6 Å². The second-order valence-electron chi connectivity index (χ2n) is 6.12. The van der Waals surface area contributed by atoms with E-state index in [1.807, 2.05) is 35.9 Å². The molecule has 3 aromatic rings. The molecule has 0 saturated carbocycles. The zero-order valence-corrected chi connectivity index (χ0v) is 17.6. The van der Waals surface area contributed by atoms with Crippen LogP contribution in [0.5, 0.6) is 5.75 Å². The fourth-order valence-corrected chi connectivity index (χ4v) is 3.80. The number of benzene rings is 1. The molecule has 148 valence electrons. The lowest BCUT2D eigenvalue weighted by atomic mass is 10.1. The number of aryl methyl sites for hydroxylation is 1. The van der Waals surface area contributed by atoms with E-state index in [0.717, 1.165) is 35.5 Å². The number of unbranched alkanes of at least 4 members (excludes halogenated alkanes) is 2.